The summed E-state index contributed by atoms with van der Waals surface area (Å²) in [4.78, 5) is 15.9. The van der Waals surface area contributed by atoms with Gasteiger partial charge in [-0.15, -0.1) is 0 Å². The van der Waals surface area contributed by atoms with E-state index in [1.165, 1.54) is 18.3 Å². The van der Waals surface area contributed by atoms with Gasteiger partial charge in [0.25, 0.3) is 0 Å². The zero-order valence-electron chi connectivity index (χ0n) is 16.9. The minimum Gasteiger partial charge on any atom is -0.454 e. The first-order chi connectivity index (χ1) is 16.5. The molecule has 35 heavy (non-hydrogen) atoms. The van der Waals surface area contributed by atoms with Crippen molar-refractivity contribution in [3.63, 3.8) is 0 Å². The second-order valence-corrected chi connectivity index (χ2v) is 6.83. The van der Waals surface area contributed by atoms with Crippen LogP contribution in [0.2, 0.25) is 0 Å². The number of nitrogens with one attached hydrogen (secondary N) is 2. The summed E-state index contributed by atoms with van der Waals surface area (Å²) in [5.41, 5.74) is -0.837. The molecule has 0 fully saturated rings. The fraction of sp³-hybridized carbons (Fsp3) is 0.0952. The molecule has 8 nitrogen and oxygen atoms in total. The van der Waals surface area contributed by atoms with Crippen molar-refractivity contribution in [2.75, 3.05) is 10.6 Å². The van der Waals surface area contributed by atoms with Crippen molar-refractivity contribution in [1.82, 2.24) is 4.98 Å². The summed E-state index contributed by atoms with van der Waals surface area (Å²) in [5, 5.41) is 13.0. The largest absolute Gasteiger partial charge is 0.507 e. The number of nitriles is 1. The first kappa shape index (κ1) is 23.5. The number of carbonyl (C=O) groups is 1. The van der Waals surface area contributed by atoms with Crippen LogP contribution in [0.3, 0.4) is 0 Å². The first-order valence-corrected chi connectivity index (χ1v) is 9.36. The summed E-state index contributed by atoms with van der Waals surface area (Å²) < 4.78 is 95.0. The number of aromatic nitrogens is 1. The molecule has 0 radical (unpaired) electrons. The third-order valence-electron chi connectivity index (χ3n) is 4.36. The summed E-state index contributed by atoms with van der Waals surface area (Å²) in [6.45, 7) is 0. The zero-order valence-corrected chi connectivity index (χ0v) is 16.9. The number of alkyl halides is 4. The number of amides is 2. The molecule has 3 aromatic rings. The highest BCUT2D eigenvalue weighted by Gasteiger charge is 2.65. The van der Waals surface area contributed by atoms with Gasteiger partial charge in [0, 0.05) is 36.1 Å². The highest BCUT2D eigenvalue weighted by Crippen LogP contribution is 2.47. The predicted octanol–water partition coefficient (Wildman–Crippen LogP) is 5.62. The Morgan fingerprint density at radius 1 is 0.943 bits per heavy atom. The summed E-state index contributed by atoms with van der Waals surface area (Å²) in [6, 6.07) is 7.04. The SMILES string of the molecule is N#Cc1cc(Oc2cc(F)c(NC(=O)Nc3ccc4c(c3)OC(F)(F)C(F)(F)O4)cc2F)ccn1. The monoisotopic (exact) mass is 496 g/mol. The molecule has 2 heterocycles. The maximum Gasteiger partial charge on any atom is 0.507 e. The van der Waals surface area contributed by atoms with Gasteiger partial charge in [0.15, 0.2) is 28.9 Å². The number of urea groups is 1. The number of nitrogens with zero attached hydrogens (tertiary/aromatic N) is 2. The molecular weight excluding hydrogens is 486 g/mol. The molecule has 2 aromatic carbocycles. The number of anilines is 2. The van der Waals surface area contributed by atoms with Gasteiger partial charge in [-0.05, 0) is 18.2 Å². The fourth-order valence-electron chi connectivity index (χ4n) is 2.79. The molecule has 0 spiro atoms. The van der Waals surface area contributed by atoms with E-state index in [4.69, 9.17) is 10.00 Å². The molecule has 4 rings (SSSR count). The number of hydrogen-bond donors (Lipinski definition) is 2. The smallest absolute Gasteiger partial charge is 0.454 e. The van der Waals surface area contributed by atoms with Crippen molar-refractivity contribution in [3.8, 4) is 29.1 Å². The lowest BCUT2D eigenvalue weighted by Gasteiger charge is -2.31. The van der Waals surface area contributed by atoms with Gasteiger partial charge in [-0.25, -0.2) is 18.6 Å². The van der Waals surface area contributed by atoms with Gasteiger partial charge in [0.1, 0.15) is 17.5 Å². The maximum atomic E-state index is 14.4. The van der Waals surface area contributed by atoms with Crippen molar-refractivity contribution < 1.29 is 45.3 Å². The Hall–Kier alpha value is -4.67. The van der Waals surface area contributed by atoms with Gasteiger partial charge in [-0.1, -0.05) is 0 Å². The van der Waals surface area contributed by atoms with Crippen LogP contribution in [-0.4, -0.2) is 23.2 Å². The van der Waals surface area contributed by atoms with E-state index < -0.39 is 52.8 Å². The molecule has 0 unspecified atom stereocenters. The summed E-state index contributed by atoms with van der Waals surface area (Å²) >= 11 is 0. The standard InChI is InChI=1S/C21H10F6N4O4/c22-13-8-17(33-12-3-4-29-11(5-12)9-28)14(23)7-15(13)31-19(32)30-10-1-2-16-18(6-10)35-21(26,27)20(24,25)34-16/h1-8H,(H2,30,31,32). The van der Waals surface area contributed by atoms with E-state index in [1.54, 1.807) is 6.07 Å². The lowest BCUT2D eigenvalue weighted by atomic mass is 10.2. The van der Waals surface area contributed by atoms with Crippen LogP contribution < -0.4 is 24.8 Å². The molecule has 0 aliphatic carbocycles. The van der Waals surface area contributed by atoms with Crippen LogP contribution in [0.1, 0.15) is 5.69 Å². The fourth-order valence-corrected chi connectivity index (χ4v) is 2.79. The number of hydrogen-bond acceptors (Lipinski definition) is 6. The molecule has 2 N–H and O–H groups in total. The molecule has 0 atom stereocenters. The molecule has 180 valence electrons. The van der Waals surface area contributed by atoms with Gasteiger partial charge >= 0.3 is 18.2 Å². The van der Waals surface area contributed by atoms with Gasteiger partial charge in [0.05, 0.1) is 5.69 Å². The lowest BCUT2D eigenvalue weighted by molar-refractivity contribution is -0.391. The van der Waals surface area contributed by atoms with Crippen LogP contribution in [0, 0.1) is 23.0 Å². The van der Waals surface area contributed by atoms with Gasteiger partial charge in [-0.2, -0.15) is 22.8 Å². The van der Waals surface area contributed by atoms with Crippen LogP contribution in [0.25, 0.3) is 0 Å². The van der Waals surface area contributed by atoms with Crippen LogP contribution in [0.5, 0.6) is 23.0 Å². The molecule has 2 amide bonds. The number of halogens is 6. The maximum absolute atomic E-state index is 14.4. The average Bonchev–Trinajstić information content (AvgIpc) is 2.78. The topological polar surface area (TPSA) is 106 Å². The van der Waals surface area contributed by atoms with E-state index >= 15 is 0 Å². The van der Waals surface area contributed by atoms with E-state index in [0.717, 1.165) is 18.2 Å². The third-order valence-corrected chi connectivity index (χ3v) is 4.36. The Kier molecular flexibility index (Phi) is 5.77. The van der Waals surface area contributed by atoms with E-state index in [-0.39, 0.29) is 17.1 Å². The first-order valence-electron chi connectivity index (χ1n) is 9.36. The number of pyridine rings is 1. The van der Waals surface area contributed by atoms with E-state index in [9.17, 15) is 31.1 Å². The highest BCUT2D eigenvalue weighted by atomic mass is 19.3. The molecule has 0 bridgehead atoms. The number of benzene rings is 2. The lowest BCUT2D eigenvalue weighted by Crippen LogP contribution is -2.52. The number of rotatable bonds is 4. The molecule has 14 heteroatoms. The molecule has 0 saturated heterocycles. The normalized spacial score (nSPS) is 15.0. The van der Waals surface area contributed by atoms with Crippen molar-refractivity contribution in [2.45, 2.75) is 12.2 Å². The quantitative estimate of drug-likeness (QED) is 0.454. The Labute approximate surface area is 191 Å². The van der Waals surface area contributed by atoms with Crippen molar-refractivity contribution >= 4 is 17.4 Å². The average molecular weight is 496 g/mol. The number of ether oxygens (including phenoxy) is 3. The minimum atomic E-state index is -4.96. The summed E-state index contributed by atoms with van der Waals surface area (Å²) in [5.74, 6) is -4.20. The zero-order chi connectivity index (χ0) is 25.4. The Morgan fingerprint density at radius 3 is 2.37 bits per heavy atom. The van der Waals surface area contributed by atoms with Crippen LogP contribution in [0.15, 0.2) is 48.7 Å². The number of carbonyl (C=O) groups excluding carboxylic acids is 1. The van der Waals surface area contributed by atoms with Gasteiger partial charge < -0.3 is 24.8 Å². The second-order valence-electron chi connectivity index (χ2n) is 6.83. The van der Waals surface area contributed by atoms with Gasteiger partial charge in [0.2, 0.25) is 0 Å². The van der Waals surface area contributed by atoms with E-state index in [1.807, 2.05) is 5.32 Å². The van der Waals surface area contributed by atoms with Crippen LogP contribution in [-0.2, 0) is 0 Å². The molecule has 1 aliphatic rings. The van der Waals surface area contributed by atoms with E-state index in [0.29, 0.717) is 12.1 Å². The summed E-state index contributed by atoms with van der Waals surface area (Å²) in [7, 11) is 0. The molecule has 0 saturated carbocycles. The second kappa shape index (κ2) is 8.60. The van der Waals surface area contributed by atoms with Crippen LogP contribution >= 0.6 is 0 Å². The Bertz CT molecular complexity index is 1360. The minimum absolute atomic E-state index is 0.00949. The van der Waals surface area contributed by atoms with Crippen molar-refractivity contribution in [3.05, 3.63) is 66.0 Å². The predicted molar refractivity (Wildman–Crippen MR) is 106 cm³/mol. The van der Waals surface area contributed by atoms with Crippen LogP contribution in [0.4, 0.5) is 42.5 Å². The number of fused-ring (bicyclic) bond motifs is 1. The highest BCUT2D eigenvalue weighted by molar-refractivity contribution is 6.00. The Balaban J connectivity index is 1.46. The molecule has 1 aliphatic heterocycles. The summed E-state index contributed by atoms with van der Waals surface area (Å²) in [6.07, 6.45) is -8.63. The van der Waals surface area contributed by atoms with Crippen molar-refractivity contribution in [2.24, 2.45) is 0 Å². The Morgan fingerprint density at radius 2 is 1.66 bits per heavy atom. The van der Waals surface area contributed by atoms with Gasteiger partial charge in [-0.3, -0.25) is 0 Å². The molecular formula is C21H10F6N4O4. The van der Waals surface area contributed by atoms with E-state index in [2.05, 4.69) is 19.8 Å². The third kappa shape index (κ3) is 4.83. The van der Waals surface area contributed by atoms with Crippen molar-refractivity contribution in [1.29, 1.82) is 5.26 Å². The molecule has 1 aromatic heterocycles.